The molecule has 0 fully saturated rings. The molecular weight excluding hydrogens is 272 g/mol. The number of methoxy groups -OCH3 is 1. The van der Waals surface area contributed by atoms with E-state index in [0.717, 1.165) is 9.35 Å². The highest BCUT2D eigenvalue weighted by molar-refractivity contribution is 9.10. The van der Waals surface area contributed by atoms with Crippen LogP contribution in [0, 0.1) is 0 Å². The number of amides is 1. The second kappa shape index (κ2) is 3.66. The fourth-order valence-corrected chi connectivity index (χ4v) is 2.69. The van der Waals surface area contributed by atoms with Gasteiger partial charge < -0.3 is 9.47 Å². The molecule has 0 aliphatic carbocycles. The Morgan fingerprint density at radius 1 is 1.71 bits per heavy atom. The van der Waals surface area contributed by atoms with E-state index in [9.17, 15) is 4.79 Å². The van der Waals surface area contributed by atoms with Gasteiger partial charge in [0, 0.05) is 5.38 Å². The van der Waals surface area contributed by atoms with Crippen molar-refractivity contribution in [1.82, 2.24) is 0 Å². The molecule has 0 saturated heterocycles. The largest absolute Gasteiger partial charge is 0.494 e. The number of halogens is 1. The van der Waals surface area contributed by atoms with Crippen molar-refractivity contribution in [2.75, 3.05) is 7.11 Å². The van der Waals surface area contributed by atoms with Crippen molar-refractivity contribution in [2.45, 2.75) is 6.23 Å². The third-order valence-electron chi connectivity index (χ3n) is 1.62. The number of nitrogens with zero attached hydrogens (tertiary/aromatic N) is 2. The van der Waals surface area contributed by atoms with Gasteiger partial charge in [0.2, 0.25) is 0 Å². The quantitative estimate of drug-likeness (QED) is 0.834. The van der Waals surface area contributed by atoms with Crippen LogP contribution >= 0.6 is 27.3 Å². The van der Waals surface area contributed by atoms with Crippen LogP contribution in [0.3, 0.4) is 0 Å². The van der Waals surface area contributed by atoms with Crippen molar-refractivity contribution in [1.29, 1.82) is 0 Å². The summed E-state index contributed by atoms with van der Waals surface area (Å²) in [5, 5.41) is 8.79. The molecule has 2 rings (SSSR count). The molecule has 14 heavy (non-hydrogen) atoms. The Morgan fingerprint density at radius 2 is 2.50 bits per heavy atom. The lowest BCUT2D eigenvalue weighted by molar-refractivity contribution is 0.133. The minimum atomic E-state index is -0.665. The molecule has 0 radical (unpaired) electrons. The first-order chi connectivity index (χ1) is 6.72. The summed E-state index contributed by atoms with van der Waals surface area (Å²) in [5.41, 5.74) is 0. The fraction of sp³-hybridized carbons (Fsp3) is 0.286. The molecule has 5 nitrogen and oxygen atoms in total. The predicted octanol–water partition coefficient (Wildman–Crippen LogP) is 3.12. The van der Waals surface area contributed by atoms with E-state index in [-0.39, 0.29) is 0 Å². The standard InChI is InChI=1S/C7H5BrN2O3S/c1-12-4-3(8)2-14-5(4)6-9-10-7(11)13-6/h2,6H,1H3. The van der Waals surface area contributed by atoms with Crippen molar-refractivity contribution < 1.29 is 14.3 Å². The number of hydrogen-bond acceptors (Lipinski definition) is 5. The number of thiophene rings is 1. The molecule has 1 aliphatic heterocycles. The topological polar surface area (TPSA) is 60.2 Å². The second-order valence-electron chi connectivity index (χ2n) is 2.43. The average Bonchev–Trinajstić information content (AvgIpc) is 2.71. The van der Waals surface area contributed by atoms with E-state index >= 15 is 0 Å². The lowest BCUT2D eigenvalue weighted by Crippen LogP contribution is -1.98. The van der Waals surface area contributed by atoms with Crippen LogP contribution in [0.4, 0.5) is 4.79 Å². The van der Waals surface area contributed by atoms with Crippen LogP contribution in [0.25, 0.3) is 0 Å². The molecule has 0 spiro atoms. The highest BCUT2D eigenvalue weighted by atomic mass is 79.9. The summed E-state index contributed by atoms with van der Waals surface area (Å²) in [6, 6.07) is 0. The van der Waals surface area contributed by atoms with Crippen LogP contribution in [0.1, 0.15) is 11.1 Å². The van der Waals surface area contributed by atoms with E-state index in [4.69, 9.17) is 9.47 Å². The number of azo groups is 1. The molecule has 0 N–H and O–H groups in total. The first-order valence-electron chi connectivity index (χ1n) is 3.64. The molecule has 1 aliphatic rings. The van der Waals surface area contributed by atoms with Crippen LogP contribution < -0.4 is 4.74 Å². The van der Waals surface area contributed by atoms with Crippen molar-refractivity contribution in [2.24, 2.45) is 10.2 Å². The minimum Gasteiger partial charge on any atom is -0.494 e. The lowest BCUT2D eigenvalue weighted by atomic mass is 10.4. The van der Waals surface area contributed by atoms with E-state index in [0.29, 0.717) is 5.75 Å². The zero-order chi connectivity index (χ0) is 10.1. The summed E-state index contributed by atoms with van der Waals surface area (Å²) >= 11 is 4.71. The minimum absolute atomic E-state index is 0.633. The third-order valence-corrected chi connectivity index (χ3v) is 3.50. The maximum atomic E-state index is 10.7. The van der Waals surface area contributed by atoms with Crippen molar-refractivity contribution in [3.05, 3.63) is 14.7 Å². The van der Waals surface area contributed by atoms with Crippen LogP contribution in [0.15, 0.2) is 20.1 Å². The Balaban J connectivity index is 2.32. The van der Waals surface area contributed by atoms with Crippen LogP contribution in [-0.4, -0.2) is 13.2 Å². The van der Waals surface area contributed by atoms with Gasteiger partial charge in [0.05, 0.1) is 11.6 Å². The molecule has 1 amide bonds. The van der Waals surface area contributed by atoms with Crippen LogP contribution in [0.5, 0.6) is 5.75 Å². The van der Waals surface area contributed by atoms with Gasteiger partial charge in [0.1, 0.15) is 4.88 Å². The smallest absolute Gasteiger partial charge is 0.454 e. The molecule has 74 valence electrons. The molecule has 1 atom stereocenters. The molecule has 0 aromatic carbocycles. The van der Waals surface area contributed by atoms with Gasteiger partial charge in [0.15, 0.2) is 5.75 Å². The summed E-state index contributed by atoms with van der Waals surface area (Å²) in [5.74, 6) is 0.633. The second-order valence-corrected chi connectivity index (χ2v) is 4.20. The van der Waals surface area contributed by atoms with E-state index in [1.165, 1.54) is 11.3 Å². The first-order valence-corrected chi connectivity index (χ1v) is 5.32. The Hall–Kier alpha value is -0.950. The molecule has 7 heteroatoms. The number of carbonyl (C=O) groups is 1. The van der Waals surface area contributed by atoms with Gasteiger partial charge in [0.25, 0.3) is 6.23 Å². The van der Waals surface area contributed by atoms with Crippen molar-refractivity contribution >= 4 is 33.4 Å². The Labute approximate surface area is 91.9 Å². The number of carbonyl (C=O) groups excluding carboxylic acids is 1. The number of ether oxygens (including phenoxy) is 2. The maximum absolute atomic E-state index is 10.7. The molecule has 1 unspecified atom stereocenters. The third kappa shape index (κ3) is 1.53. The lowest BCUT2D eigenvalue weighted by Gasteiger charge is -2.05. The van der Waals surface area contributed by atoms with Crippen LogP contribution in [-0.2, 0) is 4.74 Å². The van der Waals surface area contributed by atoms with E-state index in [2.05, 4.69) is 26.2 Å². The van der Waals surface area contributed by atoms with E-state index < -0.39 is 12.3 Å². The molecule has 1 aromatic heterocycles. The molecule has 1 aromatic rings. The summed E-state index contributed by atoms with van der Waals surface area (Å²) in [7, 11) is 1.55. The first kappa shape index (κ1) is 9.60. The van der Waals surface area contributed by atoms with Crippen molar-refractivity contribution in [3.63, 3.8) is 0 Å². The number of cyclic esters (lactones) is 1. The van der Waals surface area contributed by atoms with Gasteiger partial charge in [-0.05, 0) is 15.9 Å². The number of rotatable bonds is 2. The highest BCUT2D eigenvalue weighted by Gasteiger charge is 2.27. The van der Waals surface area contributed by atoms with Gasteiger partial charge in [-0.1, -0.05) is 5.11 Å². The van der Waals surface area contributed by atoms with Gasteiger partial charge in [-0.15, -0.1) is 16.5 Å². The summed E-state index contributed by atoms with van der Waals surface area (Å²) in [6.07, 6.45) is -1.32. The van der Waals surface area contributed by atoms with Gasteiger partial charge >= 0.3 is 6.09 Å². The molecule has 0 saturated carbocycles. The zero-order valence-corrected chi connectivity index (χ0v) is 9.46. The normalized spacial score (nSPS) is 19.9. The molecule has 2 heterocycles. The SMILES string of the molecule is COc1c(Br)csc1C1N=NC(=O)O1. The van der Waals surface area contributed by atoms with E-state index in [1.807, 2.05) is 5.38 Å². The highest BCUT2D eigenvalue weighted by Crippen LogP contribution is 2.41. The zero-order valence-electron chi connectivity index (χ0n) is 7.06. The number of hydrogen-bond donors (Lipinski definition) is 0. The molecular formula is C7H5BrN2O3S. The van der Waals surface area contributed by atoms with Gasteiger partial charge in [-0.3, -0.25) is 0 Å². The van der Waals surface area contributed by atoms with Gasteiger partial charge in [-0.25, -0.2) is 4.79 Å². The Kier molecular flexibility index (Phi) is 2.51. The summed E-state index contributed by atoms with van der Waals surface area (Å²) in [6.45, 7) is 0. The van der Waals surface area contributed by atoms with Crippen LogP contribution in [0.2, 0.25) is 0 Å². The van der Waals surface area contributed by atoms with Crippen molar-refractivity contribution in [3.8, 4) is 5.75 Å². The Morgan fingerprint density at radius 3 is 3.07 bits per heavy atom. The fourth-order valence-electron chi connectivity index (χ4n) is 1.06. The monoisotopic (exact) mass is 276 g/mol. The Bertz CT molecular complexity index is 404. The summed E-state index contributed by atoms with van der Waals surface area (Å²) < 4.78 is 10.8. The average molecular weight is 277 g/mol. The molecule has 0 bridgehead atoms. The van der Waals surface area contributed by atoms with Gasteiger partial charge in [-0.2, -0.15) is 0 Å². The predicted molar refractivity (Wildman–Crippen MR) is 52.6 cm³/mol. The maximum Gasteiger partial charge on any atom is 0.454 e. The summed E-state index contributed by atoms with van der Waals surface area (Å²) in [4.78, 5) is 11.4. The van der Waals surface area contributed by atoms with E-state index in [1.54, 1.807) is 7.11 Å².